The number of nitrogens with one attached hydrogen (secondary N) is 2. The quantitative estimate of drug-likeness (QED) is 0.292. The summed E-state index contributed by atoms with van der Waals surface area (Å²) in [5.41, 5.74) is 1.24. The van der Waals surface area contributed by atoms with Crippen molar-refractivity contribution in [3.63, 3.8) is 0 Å². The van der Waals surface area contributed by atoms with Crippen molar-refractivity contribution in [3.05, 3.63) is 29.8 Å². The minimum absolute atomic E-state index is 0.0604. The molecule has 0 aliphatic carbocycles. The zero-order chi connectivity index (χ0) is 26.0. The number of hydrogen-bond donors (Lipinski definition) is 3. The smallest absolute Gasteiger partial charge is 0.319 e. The number of ether oxygens (including phenoxy) is 4. The Morgan fingerprint density at radius 1 is 1.00 bits per heavy atom. The van der Waals surface area contributed by atoms with Crippen LogP contribution in [0, 0.1) is 0 Å². The van der Waals surface area contributed by atoms with Gasteiger partial charge in [0.05, 0.1) is 6.42 Å². The Morgan fingerprint density at radius 3 is 2.33 bits per heavy atom. The molecule has 1 aromatic carbocycles. The number of unbranched alkanes of at least 4 members (excludes halogenated alkanes) is 7. The molecule has 4 atom stereocenters. The van der Waals surface area contributed by atoms with Crippen LogP contribution < -0.4 is 10.6 Å². The Morgan fingerprint density at radius 2 is 1.67 bits per heavy atom. The molecule has 9 heteroatoms. The lowest BCUT2D eigenvalue weighted by Gasteiger charge is -2.26. The highest BCUT2D eigenvalue weighted by Crippen LogP contribution is 2.38. The summed E-state index contributed by atoms with van der Waals surface area (Å²) in [5.74, 6) is -1.64. The zero-order valence-corrected chi connectivity index (χ0v) is 21.8. The normalized spacial score (nSPS) is 24.4. The number of hydrogen-bond acceptors (Lipinski definition) is 6. The van der Waals surface area contributed by atoms with E-state index in [0.29, 0.717) is 17.9 Å². The van der Waals surface area contributed by atoms with Crippen molar-refractivity contribution in [1.29, 1.82) is 0 Å². The summed E-state index contributed by atoms with van der Waals surface area (Å²) in [4.78, 5) is 23.3. The summed E-state index contributed by atoms with van der Waals surface area (Å²) < 4.78 is 24.2. The molecular formula is C27H42N2O7. The lowest BCUT2D eigenvalue weighted by Crippen LogP contribution is -2.44. The van der Waals surface area contributed by atoms with E-state index in [0.717, 1.165) is 12.8 Å². The minimum Gasteiger partial charge on any atom is -0.481 e. The molecule has 202 valence electrons. The van der Waals surface area contributed by atoms with E-state index >= 15 is 0 Å². The molecule has 1 aromatic rings. The highest BCUT2D eigenvalue weighted by molar-refractivity contribution is 5.89. The predicted octanol–water partition coefficient (Wildman–Crippen LogP) is 4.84. The van der Waals surface area contributed by atoms with E-state index in [1.165, 1.54) is 38.5 Å². The number of urea groups is 1. The number of amides is 2. The molecule has 0 unspecified atom stereocenters. The van der Waals surface area contributed by atoms with Crippen LogP contribution in [0.2, 0.25) is 0 Å². The number of aliphatic carboxylic acids is 1. The van der Waals surface area contributed by atoms with Crippen molar-refractivity contribution in [1.82, 2.24) is 5.32 Å². The number of rotatable bonds is 15. The Bertz CT molecular complexity index is 830. The average Bonchev–Trinajstić information content (AvgIpc) is 3.28. The van der Waals surface area contributed by atoms with Gasteiger partial charge in [0.15, 0.2) is 12.1 Å². The van der Waals surface area contributed by atoms with Gasteiger partial charge in [0.2, 0.25) is 0 Å². The number of carbonyl (C=O) groups excluding carboxylic acids is 1. The summed E-state index contributed by atoms with van der Waals surface area (Å²) in [7, 11) is 0. The average molecular weight is 507 g/mol. The van der Waals surface area contributed by atoms with Crippen molar-refractivity contribution in [2.75, 3.05) is 18.5 Å². The largest absolute Gasteiger partial charge is 0.481 e. The third-order valence-electron chi connectivity index (χ3n) is 6.43. The summed E-state index contributed by atoms with van der Waals surface area (Å²) >= 11 is 0. The maximum Gasteiger partial charge on any atom is 0.319 e. The molecule has 2 aliphatic rings. The maximum atomic E-state index is 12.4. The zero-order valence-electron chi connectivity index (χ0n) is 21.8. The first-order valence-electron chi connectivity index (χ1n) is 13.3. The molecule has 36 heavy (non-hydrogen) atoms. The molecule has 3 rings (SSSR count). The molecule has 2 saturated heterocycles. The first-order chi connectivity index (χ1) is 17.3. The SMILES string of the molecule is CCCCCCCCCCO[C@@H]1[C@H]2OC(C)(C)O[C@H]2O[C@H]1CNC(=O)Nc1ccc(CC(=O)O)cc1. The number of carboxylic acid groups (broad SMARTS) is 1. The van der Waals surface area contributed by atoms with Crippen LogP contribution in [0.3, 0.4) is 0 Å². The molecule has 3 N–H and O–H groups in total. The van der Waals surface area contributed by atoms with E-state index in [4.69, 9.17) is 24.1 Å². The maximum absolute atomic E-state index is 12.4. The molecule has 2 heterocycles. The van der Waals surface area contributed by atoms with Gasteiger partial charge >= 0.3 is 12.0 Å². The van der Waals surface area contributed by atoms with E-state index < -0.39 is 24.2 Å². The summed E-state index contributed by atoms with van der Waals surface area (Å²) in [6, 6.07) is 6.32. The van der Waals surface area contributed by atoms with Crippen LogP contribution in [0.15, 0.2) is 24.3 Å². The second-order valence-electron chi connectivity index (χ2n) is 10.1. The van der Waals surface area contributed by atoms with Crippen molar-refractivity contribution in [3.8, 4) is 0 Å². The van der Waals surface area contributed by atoms with Gasteiger partial charge in [-0.25, -0.2) is 4.79 Å². The fourth-order valence-electron chi connectivity index (χ4n) is 4.62. The molecule has 0 aromatic heterocycles. The third-order valence-corrected chi connectivity index (χ3v) is 6.43. The van der Waals surface area contributed by atoms with Gasteiger partial charge in [-0.05, 0) is 38.0 Å². The Hall–Kier alpha value is -2.20. The lowest BCUT2D eigenvalue weighted by molar-refractivity contribution is -0.217. The van der Waals surface area contributed by atoms with Crippen molar-refractivity contribution in [2.24, 2.45) is 0 Å². The van der Waals surface area contributed by atoms with Gasteiger partial charge in [-0.1, -0.05) is 64.0 Å². The second kappa shape index (κ2) is 13.9. The molecule has 2 amide bonds. The van der Waals surface area contributed by atoms with Gasteiger partial charge < -0.3 is 34.7 Å². The van der Waals surface area contributed by atoms with Crippen LogP contribution in [0.5, 0.6) is 0 Å². The van der Waals surface area contributed by atoms with Crippen LogP contribution in [-0.4, -0.2) is 60.6 Å². The monoisotopic (exact) mass is 506 g/mol. The van der Waals surface area contributed by atoms with E-state index in [2.05, 4.69) is 17.6 Å². The number of fused-ring (bicyclic) bond motifs is 1. The van der Waals surface area contributed by atoms with Crippen molar-refractivity contribution in [2.45, 2.75) is 109 Å². The number of anilines is 1. The number of carbonyl (C=O) groups is 2. The molecule has 2 fully saturated rings. The van der Waals surface area contributed by atoms with E-state index in [1.807, 2.05) is 13.8 Å². The fraction of sp³-hybridized carbons (Fsp3) is 0.704. The summed E-state index contributed by atoms with van der Waals surface area (Å²) in [5, 5.41) is 14.5. The van der Waals surface area contributed by atoms with Crippen molar-refractivity contribution >= 4 is 17.7 Å². The molecule has 0 saturated carbocycles. The Kier molecular flexibility index (Phi) is 11.0. The first kappa shape index (κ1) is 28.4. The topological polar surface area (TPSA) is 115 Å². The van der Waals surface area contributed by atoms with Crippen LogP contribution in [0.25, 0.3) is 0 Å². The van der Waals surface area contributed by atoms with Gasteiger partial charge in [-0.15, -0.1) is 0 Å². The van der Waals surface area contributed by atoms with Gasteiger partial charge in [-0.3, -0.25) is 4.79 Å². The molecular weight excluding hydrogens is 464 g/mol. The lowest BCUT2D eigenvalue weighted by atomic mass is 10.1. The van der Waals surface area contributed by atoms with Gasteiger partial charge in [0, 0.05) is 18.8 Å². The van der Waals surface area contributed by atoms with E-state index in [9.17, 15) is 9.59 Å². The van der Waals surface area contributed by atoms with Gasteiger partial charge in [0.1, 0.15) is 18.3 Å². The number of benzene rings is 1. The number of carboxylic acids is 1. The van der Waals surface area contributed by atoms with Gasteiger partial charge in [0.25, 0.3) is 0 Å². The second-order valence-corrected chi connectivity index (χ2v) is 10.1. The third kappa shape index (κ3) is 9.03. The Balaban J connectivity index is 1.43. The summed E-state index contributed by atoms with van der Waals surface area (Å²) in [6.45, 7) is 6.79. The first-order valence-corrected chi connectivity index (χ1v) is 13.3. The highest BCUT2D eigenvalue weighted by atomic mass is 16.8. The standard InChI is InChI=1S/C27H42N2O7/c1-4-5-6-7-8-9-10-11-16-33-23-21(34-25-24(23)35-27(2,3)36-25)18-28-26(32)29-20-14-12-19(13-15-20)17-22(30)31/h12-15,21,23-25H,4-11,16-18H2,1-3H3,(H,30,31)(H2,28,29,32)/t21-,23-,24+,25+/m0/s1. The van der Waals surface area contributed by atoms with Crippen molar-refractivity contribution < 1.29 is 33.6 Å². The van der Waals surface area contributed by atoms with Crippen LogP contribution in [-0.2, 0) is 30.2 Å². The highest BCUT2D eigenvalue weighted by Gasteiger charge is 2.55. The predicted molar refractivity (Wildman–Crippen MR) is 136 cm³/mol. The van der Waals surface area contributed by atoms with E-state index in [-0.39, 0.29) is 31.2 Å². The van der Waals surface area contributed by atoms with Crippen LogP contribution in [0.4, 0.5) is 10.5 Å². The Labute approximate surface area is 214 Å². The summed E-state index contributed by atoms with van der Waals surface area (Å²) in [6.07, 6.45) is 8.14. The molecule has 2 aliphatic heterocycles. The van der Waals surface area contributed by atoms with Crippen LogP contribution >= 0.6 is 0 Å². The van der Waals surface area contributed by atoms with E-state index in [1.54, 1.807) is 24.3 Å². The fourth-order valence-corrected chi connectivity index (χ4v) is 4.62. The molecule has 9 nitrogen and oxygen atoms in total. The molecule has 0 radical (unpaired) electrons. The van der Waals surface area contributed by atoms with Crippen LogP contribution in [0.1, 0.15) is 77.7 Å². The molecule has 0 bridgehead atoms. The van der Waals surface area contributed by atoms with Gasteiger partial charge in [-0.2, -0.15) is 0 Å². The minimum atomic E-state index is -0.898. The molecule has 0 spiro atoms.